The lowest BCUT2D eigenvalue weighted by Gasteiger charge is -2.30. The van der Waals surface area contributed by atoms with Gasteiger partial charge in [-0.15, -0.1) is 0 Å². The standard InChI is InChI=1S/C17H25N3O2S/c1-13-6-5-11-20-12-14(19-17(13)20)9-10-18-15-7-3-4-8-16(15)23(2,21)22/h5-6,11-12,15-16,18H,3-4,7-10H2,1-2H3/t15-,16+/m1/s1. The fourth-order valence-electron chi connectivity index (χ4n) is 3.55. The maximum absolute atomic E-state index is 11.9. The second-order valence-corrected chi connectivity index (χ2v) is 8.88. The third kappa shape index (κ3) is 3.75. The molecule has 0 spiro atoms. The number of pyridine rings is 1. The van der Waals surface area contributed by atoms with Crippen LogP contribution >= 0.6 is 0 Å². The Morgan fingerprint density at radius 3 is 2.87 bits per heavy atom. The van der Waals surface area contributed by atoms with Gasteiger partial charge in [0.2, 0.25) is 0 Å². The summed E-state index contributed by atoms with van der Waals surface area (Å²) in [7, 11) is -2.98. The number of sulfone groups is 1. The Morgan fingerprint density at radius 2 is 2.13 bits per heavy atom. The first-order valence-corrected chi connectivity index (χ1v) is 10.3. The minimum atomic E-state index is -2.98. The van der Waals surface area contributed by atoms with Gasteiger partial charge < -0.3 is 9.72 Å². The van der Waals surface area contributed by atoms with Gasteiger partial charge in [-0.05, 0) is 31.4 Å². The SMILES string of the molecule is Cc1cccn2cc(CCN[C@@H]3CCCC[C@@H]3S(C)(=O)=O)nc12. The Hall–Kier alpha value is -1.40. The number of imidazole rings is 1. The molecule has 1 N–H and O–H groups in total. The second-order valence-electron chi connectivity index (χ2n) is 6.62. The maximum atomic E-state index is 11.9. The molecule has 0 saturated heterocycles. The van der Waals surface area contributed by atoms with E-state index in [4.69, 9.17) is 0 Å². The van der Waals surface area contributed by atoms with Crippen molar-refractivity contribution in [2.24, 2.45) is 0 Å². The first kappa shape index (κ1) is 16.5. The van der Waals surface area contributed by atoms with Crippen LogP contribution in [0.1, 0.15) is 36.9 Å². The van der Waals surface area contributed by atoms with Gasteiger partial charge in [0, 0.05) is 37.7 Å². The second kappa shape index (κ2) is 6.61. The summed E-state index contributed by atoms with van der Waals surface area (Å²) in [5.74, 6) is 0. The van der Waals surface area contributed by atoms with Gasteiger partial charge in [0.1, 0.15) is 5.65 Å². The van der Waals surface area contributed by atoms with Crippen molar-refractivity contribution in [3.63, 3.8) is 0 Å². The van der Waals surface area contributed by atoms with Crippen molar-refractivity contribution in [3.05, 3.63) is 35.8 Å². The quantitative estimate of drug-likeness (QED) is 0.909. The molecule has 2 aromatic rings. The average Bonchev–Trinajstić information content (AvgIpc) is 2.91. The van der Waals surface area contributed by atoms with Crippen molar-refractivity contribution in [1.82, 2.24) is 14.7 Å². The van der Waals surface area contributed by atoms with Crippen LogP contribution < -0.4 is 5.32 Å². The molecule has 0 aromatic carbocycles. The Morgan fingerprint density at radius 1 is 1.35 bits per heavy atom. The van der Waals surface area contributed by atoms with Crippen LogP contribution in [-0.4, -0.2) is 41.9 Å². The van der Waals surface area contributed by atoms with Crippen LogP contribution in [-0.2, 0) is 16.3 Å². The number of hydrogen-bond donors (Lipinski definition) is 1. The highest BCUT2D eigenvalue weighted by Gasteiger charge is 2.32. The van der Waals surface area contributed by atoms with Crippen molar-refractivity contribution in [2.45, 2.75) is 50.3 Å². The van der Waals surface area contributed by atoms with Gasteiger partial charge in [-0.2, -0.15) is 0 Å². The first-order chi connectivity index (χ1) is 10.9. The molecular formula is C17H25N3O2S. The van der Waals surface area contributed by atoms with Gasteiger partial charge in [-0.25, -0.2) is 13.4 Å². The number of rotatable bonds is 5. The van der Waals surface area contributed by atoms with E-state index in [9.17, 15) is 8.42 Å². The Labute approximate surface area is 138 Å². The number of aryl methyl sites for hydroxylation is 1. The van der Waals surface area contributed by atoms with Gasteiger partial charge in [0.25, 0.3) is 0 Å². The van der Waals surface area contributed by atoms with E-state index in [1.54, 1.807) is 0 Å². The molecule has 0 aliphatic heterocycles. The molecule has 3 rings (SSSR count). The van der Waals surface area contributed by atoms with Crippen LogP contribution in [0.15, 0.2) is 24.5 Å². The minimum absolute atomic E-state index is 0.0810. The van der Waals surface area contributed by atoms with Crippen molar-refractivity contribution >= 4 is 15.5 Å². The number of fused-ring (bicyclic) bond motifs is 1. The number of nitrogens with one attached hydrogen (secondary N) is 1. The normalized spacial score (nSPS) is 22.5. The van der Waals surface area contributed by atoms with Crippen LogP contribution in [0.3, 0.4) is 0 Å². The molecule has 2 heterocycles. The van der Waals surface area contributed by atoms with E-state index < -0.39 is 9.84 Å². The molecule has 5 nitrogen and oxygen atoms in total. The van der Waals surface area contributed by atoms with E-state index in [-0.39, 0.29) is 11.3 Å². The van der Waals surface area contributed by atoms with Crippen molar-refractivity contribution in [1.29, 1.82) is 0 Å². The number of nitrogens with zero attached hydrogens (tertiary/aromatic N) is 2. The van der Waals surface area contributed by atoms with Crippen molar-refractivity contribution in [3.8, 4) is 0 Å². The van der Waals surface area contributed by atoms with Crippen LogP contribution in [0.25, 0.3) is 5.65 Å². The van der Waals surface area contributed by atoms with Crippen LogP contribution in [0.5, 0.6) is 0 Å². The van der Waals surface area contributed by atoms with E-state index in [0.717, 1.165) is 55.6 Å². The molecule has 126 valence electrons. The molecule has 0 bridgehead atoms. The van der Waals surface area contributed by atoms with Crippen LogP contribution in [0.4, 0.5) is 0 Å². The number of aromatic nitrogens is 2. The lowest BCUT2D eigenvalue weighted by Crippen LogP contribution is -2.46. The lowest BCUT2D eigenvalue weighted by atomic mass is 9.95. The summed E-state index contributed by atoms with van der Waals surface area (Å²) in [6.45, 7) is 2.82. The molecule has 1 aliphatic rings. The van der Waals surface area contributed by atoms with E-state index >= 15 is 0 Å². The van der Waals surface area contributed by atoms with Gasteiger partial charge in [0.05, 0.1) is 10.9 Å². The molecule has 2 atom stereocenters. The summed E-state index contributed by atoms with van der Waals surface area (Å²) in [5, 5.41) is 3.22. The Kier molecular flexibility index (Phi) is 4.73. The summed E-state index contributed by atoms with van der Waals surface area (Å²) in [6.07, 6.45) is 10.1. The summed E-state index contributed by atoms with van der Waals surface area (Å²) in [5.41, 5.74) is 3.20. The van der Waals surface area contributed by atoms with E-state index in [2.05, 4.69) is 29.5 Å². The summed E-state index contributed by atoms with van der Waals surface area (Å²) >= 11 is 0. The van der Waals surface area contributed by atoms with Gasteiger partial charge in [-0.3, -0.25) is 0 Å². The molecule has 1 saturated carbocycles. The van der Waals surface area contributed by atoms with Gasteiger partial charge in [-0.1, -0.05) is 18.9 Å². The zero-order valence-corrected chi connectivity index (χ0v) is 14.6. The van der Waals surface area contributed by atoms with E-state index in [1.807, 2.05) is 16.7 Å². The molecular weight excluding hydrogens is 310 g/mol. The third-order valence-electron chi connectivity index (χ3n) is 4.77. The van der Waals surface area contributed by atoms with Crippen LogP contribution in [0.2, 0.25) is 0 Å². The predicted molar refractivity (Wildman–Crippen MR) is 92.5 cm³/mol. The lowest BCUT2D eigenvalue weighted by molar-refractivity contribution is 0.373. The van der Waals surface area contributed by atoms with Crippen molar-refractivity contribution < 1.29 is 8.42 Å². The fraction of sp³-hybridized carbons (Fsp3) is 0.588. The average molecular weight is 335 g/mol. The molecule has 0 radical (unpaired) electrons. The highest BCUT2D eigenvalue weighted by Crippen LogP contribution is 2.24. The molecule has 0 unspecified atom stereocenters. The molecule has 2 aromatic heterocycles. The third-order valence-corrected chi connectivity index (χ3v) is 6.43. The molecule has 1 aliphatic carbocycles. The predicted octanol–water partition coefficient (Wildman–Crippen LogP) is 2.13. The largest absolute Gasteiger partial charge is 0.312 e. The van der Waals surface area contributed by atoms with Gasteiger partial charge >= 0.3 is 0 Å². The zero-order valence-electron chi connectivity index (χ0n) is 13.8. The summed E-state index contributed by atoms with van der Waals surface area (Å²) in [6, 6.07) is 4.16. The molecule has 1 fully saturated rings. The smallest absolute Gasteiger partial charge is 0.151 e. The van der Waals surface area contributed by atoms with E-state index in [1.165, 1.54) is 6.26 Å². The number of hydrogen-bond acceptors (Lipinski definition) is 4. The fourth-order valence-corrected chi connectivity index (χ4v) is 4.98. The molecule has 0 amide bonds. The Balaban J connectivity index is 1.62. The zero-order chi connectivity index (χ0) is 16.4. The molecule has 6 heteroatoms. The topological polar surface area (TPSA) is 63.5 Å². The maximum Gasteiger partial charge on any atom is 0.151 e. The van der Waals surface area contributed by atoms with Gasteiger partial charge in [0.15, 0.2) is 9.84 Å². The monoisotopic (exact) mass is 335 g/mol. The van der Waals surface area contributed by atoms with E-state index in [0.29, 0.717) is 0 Å². The highest BCUT2D eigenvalue weighted by atomic mass is 32.2. The Bertz CT molecular complexity index is 782. The first-order valence-electron chi connectivity index (χ1n) is 8.30. The summed E-state index contributed by atoms with van der Waals surface area (Å²) in [4.78, 5) is 4.67. The summed E-state index contributed by atoms with van der Waals surface area (Å²) < 4.78 is 25.9. The van der Waals surface area contributed by atoms with Crippen LogP contribution in [0, 0.1) is 6.92 Å². The highest BCUT2D eigenvalue weighted by molar-refractivity contribution is 7.91. The molecule has 23 heavy (non-hydrogen) atoms. The van der Waals surface area contributed by atoms with Crippen molar-refractivity contribution in [2.75, 3.05) is 12.8 Å². The minimum Gasteiger partial charge on any atom is -0.312 e.